The number of aliphatic carboxylic acids is 2. The summed E-state index contributed by atoms with van der Waals surface area (Å²) in [5.41, 5.74) is 0. The second kappa shape index (κ2) is 4.52. The molecular weight excluding hydrogens is 212 g/mol. The summed E-state index contributed by atoms with van der Waals surface area (Å²) in [5.74, 6) is -4.69. The van der Waals surface area contributed by atoms with Gasteiger partial charge in [-0.3, -0.25) is 14.5 Å². The fourth-order valence-electron chi connectivity index (χ4n) is 1.73. The molecule has 0 aromatic carbocycles. The number of rotatable bonds is 4. The van der Waals surface area contributed by atoms with Crippen LogP contribution >= 0.6 is 0 Å². The zero-order valence-electron chi connectivity index (χ0n) is 7.77. The van der Waals surface area contributed by atoms with Gasteiger partial charge in [0.15, 0.2) is 0 Å². The van der Waals surface area contributed by atoms with E-state index in [0.29, 0.717) is 0 Å². The molecule has 0 bridgehead atoms. The Kier molecular flexibility index (Phi) is 3.57. The summed E-state index contributed by atoms with van der Waals surface area (Å²) in [5, 5.41) is 17.4. The molecule has 2 N–H and O–H groups in total. The van der Waals surface area contributed by atoms with Crippen molar-refractivity contribution in [2.45, 2.75) is 6.43 Å². The quantitative estimate of drug-likeness (QED) is 0.699. The van der Waals surface area contributed by atoms with Crippen molar-refractivity contribution in [1.29, 1.82) is 0 Å². The first kappa shape index (κ1) is 11.8. The first-order chi connectivity index (χ1) is 6.91. The Morgan fingerprint density at radius 3 is 1.87 bits per heavy atom. The number of hydrogen-bond donors (Lipinski definition) is 2. The summed E-state index contributed by atoms with van der Waals surface area (Å²) in [6.45, 7) is -0.832. The molecule has 0 aromatic heterocycles. The molecule has 2 atom stereocenters. The molecule has 0 aromatic rings. The maximum Gasteiger partial charge on any atom is 0.308 e. The van der Waals surface area contributed by atoms with Crippen LogP contribution in [0.15, 0.2) is 0 Å². The van der Waals surface area contributed by atoms with Gasteiger partial charge in [0.2, 0.25) is 0 Å². The minimum atomic E-state index is -2.58. The van der Waals surface area contributed by atoms with E-state index in [1.807, 2.05) is 0 Å². The predicted molar refractivity (Wildman–Crippen MR) is 44.7 cm³/mol. The van der Waals surface area contributed by atoms with Crippen molar-refractivity contribution in [2.24, 2.45) is 11.8 Å². The van der Waals surface area contributed by atoms with Crippen LogP contribution in [0.3, 0.4) is 0 Å². The van der Waals surface area contributed by atoms with Crippen LogP contribution < -0.4 is 0 Å². The van der Waals surface area contributed by atoms with Crippen molar-refractivity contribution in [3.63, 3.8) is 0 Å². The van der Waals surface area contributed by atoms with Gasteiger partial charge in [0.05, 0.1) is 18.4 Å². The highest BCUT2D eigenvalue weighted by molar-refractivity contribution is 5.81. The summed E-state index contributed by atoms with van der Waals surface area (Å²) in [6, 6.07) is 0. The maximum absolute atomic E-state index is 12.0. The molecule has 1 unspecified atom stereocenters. The molecule has 0 aliphatic carbocycles. The number of carboxylic acid groups (broad SMARTS) is 2. The molecular formula is C8H11F2NO4. The summed E-state index contributed by atoms with van der Waals surface area (Å²) in [6.07, 6.45) is -2.58. The van der Waals surface area contributed by atoms with Gasteiger partial charge >= 0.3 is 11.9 Å². The minimum Gasteiger partial charge on any atom is -0.481 e. The van der Waals surface area contributed by atoms with E-state index in [4.69, 9.17) is 10.2 Å². The van der Waals surface area contributed by atoms with E-state index in [1.54, 1.807) is 0 Å². The Morgan fingerprint density at radius 1 is 1.20 bits per heavy atom. The van der Waals surface area contributed by atoms with Gasteiger partial charge in [0.1, 0.15) is 0 Å². The molecule has 1 rings (SSSR count). The lowest BCUT2D eigenvalue weighted by atomic mass is 9.97. The number of likely N-dealkylation sites (tertiary alicyclic amines) is 1. The van der Waals surface area contributed by atoms with Crippen molar-refractivity contribution < 1.29 is 28.6 Å². The lowest BCUT2D eigenvalue weighted by Crippen LogP contribution is -2.28. The van der Waals surface area contributed by atoms with Gasteiger partial charge in [-0.15, -0.1) is 0 Å². The largest absolute Gasteiger partial charge is 0.481 e. The maximum atomic E-state index is 12.0. The van der Waals surface area contributed by atoms with Gasteiger partial charge in [-0.25, -0.2) is 8.78 Å². The highest BCUT2D eigenvalue weighted by Gasteiger charge is 2.42. The number of halogens is 2. The fraction of sp³-hybridized carbons (Fsp3) is 0.750. The predicted octanol–water partition coefficient (Wildman–Crippen LogP) is -0.0313. The molecule has 1 saturated heterocycles. The van der Waals surface area contributed by atoms with Gasteiger partial charge in [0.25, 0.3) is 6.43 Å². The van der Waals surface area contributed by atoms with Crippen LogP contribution in [0.25, 0.3) is 0 Å². The molecule has 5 nitrogen and oxygen atoms in total. The van der Waals surface area contributed by atoms with E-state index in [0.717, 1.165) is 0 Å². The lowest BCUT2D eigenvalue weighted by molar-refractivity contribution is -0.151. The van der Waals surface area contributed by atoms with Crippen molar-refractivity contribution in [1.82, 2.24) is 4.90 Å². The summed E-state index contributed by atoms with van der Waals surface area (Å²) in [7, 11) is 0. The minimum absolute atomic E-state index is 0.128. The smallest absolute Gasteiger partial charge is 0.308 e. The van der Waals surface area contributed by atoms with Crippen molar-refractivity contribution in [3.8, 4) is 0 Å². The molecule has 1 aliphatic heterocycles. The van der Waals surface area contributed by atoms with Crippen LogP contribution in [-0.2, 0) is 9.59 Å². The monoisotopic (exact) mass is 223 g/mol. The molecule has 1 aliphatic rings. The third-order valence-electron chi connectivity index (χ3n) is 2.43. The second-order valence-corrected chi connectivity index (χ2v) is 3.50. The number of carbonyl (C=O) groups is 2. The van der Waals surface area contributed by atoms with Crippen LogP contribution in [0.5, 0.6) is 0 Å². The van der Waals surface area contributed by atoms with Crippen molar-refractivity contribution in [3.05, 3.63) is 0 Å². The number of nitrogens with zero attached hydrogens (tertiary/aromatic N) is 1. The Morgan fingerprint density at radius 2 is 1.60 bits per heavy atom. The van der Waals surface area contributed by atoms with E-state index in [1.165, 1.54) is 4.90 Å². The Labute approximate surface area is 84.3 Å². The molecule has 0 spiro atoms. The van der Waals surface area contributed by atoms with E-state index >= 15 is 0 Å². The first-order valence-corrected chi connectivity index (χ1v) is 4.38. The van der Waals surface area contributed by atoms with Crippen molar-refractivity contribution >= 4 is 11.9 Å². The molecule has 15 heavy (non-hydrogen) atoms. The Bertz CT molecular complexity index is 249. The van der Waals surface area contributed by atoms with Gasteiger partial charge in [-0.1, -0.05) is 0 Å². The highest BCUT2D eigenvalue weighted by atomic mass is 19.3. The fourth-order valence-corrected chi connectivity index (χ4v) is 1.73. The van der Waals surface area contributed by atoms with Gasteiger partial charge < -0.3 is 10.2 Å². The third kappa shape index (κ3) is 2.85. The molecule has 0 radical (unpaired) electrons. The van der Waals surface area contributed by atoms with Crippen LogP contribution in [-0.4, -0.2) is 53.1 Å². The van der Waals surface area contributed by atoms with E-state index in [-0.39, 0.29) is 13.1 Å². The zero-order chi connectivity index (χ0) is 11.6. The lowest BCUT2D eigenvalue weighted by Gasteiger charge is -2.13. The summed E-state index contributed by atoms with van der Waals surface area (Å²) >= 11 is 0. The number of hydrogen-bond acceptors (Lipinski definition) is 3. The van der Waals surface area contributed by atoms with Crippen LogP contribution in [0.2, 0.25) is 0 Å². The topological polar surface area (TPSA) is 77.8 Å². The summed E-state index contributed by atoms with van der Waals surface area (Å²) in [4.78, 5) is 22.5. The third-order valence-corrected chi connectivity index (χ3v) is 2.43. The molecule has 86 valence electrons. The van der Waals surface area contributed by atoms with E-state index < -0.39 is 36.7 Å². The highest BCUT2D eigenvalue weighted by Crippen LogP contribution is 2.24. The first-order valence-electron chi connectivity index (χ1n) is 4.38. The molecule has 0 saturated carbocycles. The second-order valence-electron chi connectivity index (χ2n) is 3.50. The van der Waals surface area contributed by atoms with E-state index in [2.05, 4.69) is 0 Å². The van der Waals surface area contributed by atoms with Crippen LogP contribution in [0.1, 0.15) is 0 Å². The Hall–Kier alpha value is -1.24. The van der Waals surface area contributed by atoms with Gasteiger partial charge in [-0.05, 0) is 0 Å². The molecule has 1 heterocycles. The summed E-state index contributed by atoms with van der Waals surface area (Å²) < 4.78 is 24.0. The zero-order valence-corrected chi connectivity index (χ0v) is 7.77. The molecule has 0 amide bonds. The van der Waals surface area contributed by atoms with Crippen LogP contribution in [0.4, 0.5) is 8.78 Å². The molecule has 1 fully saturated rings. The average molecular weight is 223 g/mol. The number of carboxylic acids is 2. The Balaban J connectivity index is 2.65. The molecule has 7 heteroatoms. The van der Waals surface area contributed by atoms with Crippen molar-refractivity contribution in [2.75, 3.05) is 19.6 Å². The average Bonchev–Trinajstić information content (AvgIpc) is 2.46. The number of alkyl halides is 2. The van der Waals surface area contributed by atoms with Gasteiger partial charge in [0, 0.05) is 13.1 Å². The van der Waals surface area contributed by atoms with Crippen LogP contribution in [0, 0.1) is 11.8 Å². The normalized spacial score (nSPS) is 27.1. The SMILES string of the molecule is O=C(O)C1CN(CC(F)F)C[C@@H]1C(=O)O. The standard InChI is InChI=1S/C8H11F2NO4/c9-6(10)3-11-1-4(7(12)13)5(2-11)8(14)15/h4-6H,1-3H2,(H,12,13)(H,14,15)/t4-,5?/m0/s1. The van der Waals surface area contributed by atoms with E-state index in [9.17, 15) is 18.4 Å². The van der Waals surface area contributed by atoms with Gasteiger partial charge in [-0.2, -0.15) is 0 Å².